The summed E-state index contributed by atoms with van der Waals surface area (Å²) in [5, 5.41) is 3.38. The first kappa shape index (κ1) is 27.6. The second-order valence-electron chi connectivity index (χ2n) is 8.03. The molecule has 1 atom stereocenters. The van der Waals surface area contributed by atoms with E-state index < -0.39 is 21.9 Å². The molecule has 186 valence electrons. The summed E-state index contributed by atoms with van der Waals surface area (Å²) in [6, 6.07) is 11.4. The maximum atomic E-state index is 13.3. The van der Waals surface area contributed by atoms with Gasteiger partial charge in [0, 0.05) is 31.1 Å². The Bertz CT molecular complexity index is 1060. The lowest BCUT2D eigenvalue weighted by Gasteiger charge is -2.29. The van der Waals surface area contributed by atoms with Gasteiger partial charge in [-0.2, -0.15) is 0 Å². The second kappa shape index (κ2) is 12.7. The summed E-state index contributed by atoms with van der Waals surface area (Å²) in [7, 11) is -3.63. The fraction of sp³-hybridized carbons (Fsp3) is 0.417. The number of hydrogen-bond acceptors (Lipinski definition) is 4. The highest BCUT2D eigenvalue weighted by Gasteiger charge is 2.26. The first-order valence-corrected chi connectivity index (χ1v) is 13.3. The van der Waals surface area contributed by atoms with Crippen LogP contribution in [0.2, 0.25) is 5.02 Å². The smallest absolute Gasteiger partial charge is 0.242 e. The van der Waals surface area contributed by atoms with Gasteiger partial charge in [-0.15, -0.1) is 0 Å². The Hall–Kier alpha value is -2.65. The van der Waals surface area contributed by atoms with E-state index in [1.54, 1.807) is 31.2 Å². The third-order valence-electron chi connectivity index (χ3n) is 5.25. The van der Waals surface area contributed by atoms with Gasteiger partial charge in [0.05, 0.1) is 11.9 Å². The largest absolute Gasteiger partial charge is 0.354 e. The molecule has 0 bridgehead atoms. The topological polar surface area (TPSA) is 86.8 Å². The number of anilines is 1. The van der Waals surface area contributed by atoms with Crippen LogP contribution in [-0.2, 0) is 26.2 Å². The molecule has 0 heterocycles. The molecular weight excluding hydrogens is 481 g/mol. The standard InChI is InChI=1S/C24H31ClFN3O4S/c1-4-15-27-24(31)18(2)28(17-19-7-9-20(25)10-8-19)23(30)6-5-16-29(34(3,32)33)22-13-11-21(26)12-14-22/h7-14,18H,4-6,15-17H2,1-3H3,(H,27,31)/t18-/m0/s1. The van der Waals surface area contributed by atoms with Crippen LogP contribution in [0.15, 0.2) is 48.5 Å². The lowest BCUT2D eigenvalue weighted by atomic mass is 10.1. The SMILES string of the molecule is CCCNC(=O)[C@H](C)N(Cc1ccc(Cl)cc1)C(=O)CCCN(c1ccc(F)cc1)S(C)(=O)=O. The van der Waals surface area contributed by atoms with E-state index in [0.717, 1.165) is 22.5 Å². The molecule has 2 aromatic carbocycles. The zero-order valence-electron chi connectivity index (χ0n) is 19.6. The van der Waals surface area contributed by atoms with Gasteiger partial charge in [-0.05, 0) is 61.7 Å². The first-order chi connectivity index (χ1) is 16.0. The quantitative estimate of drug-likeness (QED) is 0.467. The van der Waals surface area contributed by atoms with Crippen molar-refractivity contribution in [3.05, 3.63) is 64.9 Å². The molecule has 1 N–H and O–H groups in total. The molecule has 0 aliphatic heterocycles. The molecule has 7 nitrogen and oxygen atoms in total. The van der Waals surface area contributed by atoms with Crippen molar-refractivity contribution in [3.8, 4) is 0 Å². The molecule has 0 saturated heterocycles. The summed E-state index contributed by atoms with van der Waals surface area (Å²) in [5.41, 5.74) is 1.14. The molecule has 0 radical (unpaired) electrons. The van der Waals surface area contributed by atoms with Gasteiger partial charge in [0.1, 0.15) is 11.9 Å². The van der Waals surface area contributed by atoms with Crippen LogP contribution < -0.4 is 9.62 Å². The zero-order valence-corrected chi connectivity index (χ0v) is 21.2. The van der Waals surface area contributed by atoms with Crippen molar-refractivity contribution < 1.29 is 22.4 Å². The number of halogens is 2. The van der Waals surface area contributed by atoms with Gasteiger partial charge in [-0.1, -0.05) is 30.7 Å². The summed E-state index contributed by atoms with van der Waals surface area (Å²) in [6.07, 6.45) is 2.09. The summed E-state index contributed by atoms with van der Waals surface area (Å²) >= 11 is 5.96. The summed E-state index contributed by atoms with van der Waals surface area (Å²) in [6.45, 7) is 4.37. The molecule has 0 saturated carbocycles. The maximum absolute atomic E-state index is 13.3. The Labute approximate surface area is 205 Å². The monoisotopic (exact) mass is 511 g/mol. The molecule has 2 aromatic rings. The van der Waals surface area contributed by atoms with Crippen LogP contribution in [-0.4, -0.2) is 50.5 Å². The molecule has 2 amide bonds. The van der Waals surface area contributed by atoms with Gasteiger partial charge in [0.25, 0.3) is 0 Å². The molecule has 0 aliphatic rings. The minimum Gasteiger partial charge on any atom is -0.354 e. The lowest BCUT2D eigenvalue weighted by Crippen LogP contribution is -2.47. The van der Waals surface area contributed by atoms with E-state index in [4.69, 9.17) is 11.6 Å². The highest BCUT2D eigenvalue weighted by molar-refractivity contribution is 7.92. The van der Waals surface area contributed by atoms with Crippen LogP contribution >= 0.6 is 11.6 Å². The molecule has 34 heavy (non-hydrogen) atoms. The van der Waals surface area contributed by atoms with E-state index in [1.807, 2.05) is 6.92 Å². The first-order valence-electron chi connectivity index (χ1n) is 11.1. The predicted octanol–water partition coefficient (Wildman–Crippen LogP) is 3.97. The highest BCUT2D eigenvalue weighted by Crippen LogP contribution is 2.20. The lowest BCUT2D eigenvalue weighted by molar-refractivity contribution is -0.140. The van der Waals surface area contributed by atoms with Crippen molar-refractivity contribution in [3.63, 3.8) is 0 Å². The number of hydrogen-bond donors (Lipinski definition) is 1. The average Bonchev–Trinajstić information content (AvgIpc) is 2.79. The minimum atomic E-state index is -3.63. The molecular formula is C24H31ClFN3O4S. The maximum Gasteiger partial charge on any atom is 0.242 e. The van der Waals surface area contributed by atoms with Crippen molar-refractivity contribution in [2.75, 3.05) is 23.7 Å². The van der Waals surface area contributed by atoms with Gasteiger partial charge in [-0.3, -0.25) is 13.9 Å². The third-order valence-corrected chi connectivity index (χ3v) is 6.70. The molecule has 0 aliphatic carbocycles. The zero-order chi connectivity index (χ0) is 25.3. The number of benzene rings is 2. The fourth-order valence-corrected chi connectivity index (χ4v) is 4.47. The fourth-order valence-electron chi connectivity index (χ4n) is 3.38. The number of nitrogens with one attached hydrogen (secondary N) is 1. The molecule has 10 heteroatoms. The minimum absolute atomic E-state index is 0.0339. The van der Waals surface area contributed by atoms with Crippen molar-refractivity contribution in [1.29, 1.82) is 0 Å². The van der Waals surface area contributed by atoms with Crippen molar-refractivity contribution >= 4 is 39.1 Å². The van der Waals surface area contributed by atoms with Crippen LogP contribution in [0.4, 0.5) is 10.1 Å². The molecule has 2 rings (SSSR count). The van der Waals surface area contributed by atoms with E-state index in [2.05, 4.69) is 5.32 Å². The van der Waals surface area contributed by atoms with Crippen molar-refractivity contribution in [2.24, 2.45) is 0 Å². The Morgan fingerprint density at radius 1 is 1.09 bits per heavy atom. The number of rotatable bonds is 12. The number of sulfonamides is 1. The third kappa shape index (κ3) is 8.29. The van der Waals surface area contributed by atoms with Gasteiger partial charge in [0.2, 0.25) is 21.8 Å². The van der Waals surface area contributed by atoms with Crippen LogP contribution in [0.5, 0.6) is 0 Å². The number of amides is 2. The van der Waals surface area contributed by atoms with Crippen LogP contribution in [0.1, 0.15) is 38.7 Å². The highest BCUT2D eigenvalue weighted by atomic mass is 35.5. The summed E-state index contributed by atoms with van der Waals surface area (Å²) in [5.74, 6) is -1.00. The van der Waals surface area contributed by atoms with E-state index >= 15 is 0 Å². The van der Waals surface area contributed by atoms with Crippen LogP contribution in [0.3, 0.4) is 0 Å². The number of carbonyl (C=O) groups excluding carboxylic acids is 2. The molecule has 0 spiro atoms. The van der Waals surface area contributed by atoms with E-state index in [9.17, 15) is 22.4 Å². The van der Waals surface area contributed by atoms with Crippen molar-refractivity contribution in [2.45, 2.75) is 45.7 Å². The summed E-state index contributed by atoms with van der Waals surface area (Å²) in [4.78, 5) is 27.2. The van der Waals surface area contributed by atoms with E-state index in [1.165, 1.54) is 29.2 Å². The second-order valence-corrected chi connectivity index (χ2v) is 10.4. The predicted molar refractivity (Wildman–Crippen MR) is 133 cm³/mol. The Balaban J connectivity index is 2.13. The van der Waals surface area contributed by atoms with Crippen molar-refractivity contribution in [1.82, 2.24) is 10.2 Å². The van der Waals surface area contributed by atoms with E-state index in [-0.39, 0.29) is 37.7 Å². The van der Waals surface area contributed by atoms with Gasteiger partial charge in [-0.25, -0.2) is 12.8 Å². The average molecular weight is 512 g/mol. The molecule has 0 fully saturated rings. The normalized spacial score (nSPS) is 12.1. The number of nitrogens with zero attached hydrogens (tertiary/aromatic N) is 2. The van der Waals surface area contributed by atoms with Gasteiger partial charge in [0.15, 0.2) is 0 Å². The molecule has 0 aromatic heterocycles. The van der Waals surface area contributed by atoms with Gasteiger partial charge >= 0.3 is 0 Å². The Morgan fingerprint density at radius 3 is 2.26 bits per heavy atom. The Morgan fingerprint density at radius 2 is 1.71 bits per heavy atom. The van der Waals surface area contributed by atoms with Crippen LogP contribution in [0, 0.1) is 5.82 Å². The van der Waals surface area contributed by atoms with E-state index in [0.29, 0.717) is 17.3 Å². The van der Waals surface area contributed by atoms with Crippen LogP contribution in [0.25, 0.3) is 0 Å². The Kier molecular flexibility index (Phi) is 10.3. The number of carbonyl (C=O) groups is 2. The molecule has 0 unspecified atom stereocenters. The van der Waals surface area contributed by atoms with Gasteiger partial charge < -0.3 is 10.2 Å². The summed E-state index contributed by atoms with van der Waals surface area (Å²) < 4.78 is 38.9.